The summed E-state index contributed by atoms with van der Waals surface area (Å²) in [5.41, 5.74) is 2.22. The minimum Gasteiger partial charge on any atom is -0.326 e. The van der Waals surface area contributed by atoms with Gasteiger partial charge in [0.2, 0.25) is 5.91 Å². The number of benzene rings is 1. The van der Waals surface area contributed by atoms with E-state index in [0.717, 1.165) is 24.0 Å². The van der Waals surface area contributed by atoms with Gasteiger partial charge in [0, 0.05) is 22.8 Å². The van der Waals surface area contributed by atoms with Crippen molar-refractivity contribution in [1.82, 2.24) is 0 Å². The maximum absolute atomic E-state index is 12.1. The Labute approximate surface area is 130 Å². The molecule has 0 radical (unpaired) electrons. The number of hydrogen-bond acceptors (Lipinski definition) is 3. The molecule has 0 atom stereocenters. The van der Waals surface area contributed by atoms with E-state index in [2.05, 4.69) is 5.32 Å². The summed E-state index contributed by atoms with van der Waals surface area (Å²) < 4.78 is 22.9. The molecule has 0 saturated heterocycles. The Kier molecular flexibility index (Phi) is 4.94. The summed E-state index contributed by atoms with van der Waals surface area (Å²) in [4.78, 5) is 12.1. The maximum atomic E-state index is 12.1. The molecule has 4 nitrogen and oxygen atoms in total. The smallest absolute Gasteiger partial charge is 0.261 e. The largest absolute Gasteiger partial charge is 0.326 e. The van der Waals surface area contributed by atoms with E-state index in [1.165, 1.54) is 18.6 Å². The van der Waals surface area contributed by atoms with Crippen molar-refractivity contribution < 1.29 is 13.2 Å². The molecule has 21 heavy (non-hydrogen) atoms. The molecule has 116 valence electrons. The zero-order valence-electron chi connectivity index (χ0n) is 12.3. The van der Waals surface area contributed by atoms with Crippen LogP contribution in [0.1, 0.15) is 43.7 Å². The van der Waals surface area contributed by atoms with Crippen molar-refractivity contribution in [2.45, 2.75) is 50.8 Å². The standard InChI is InChI=1S/C15H20ClNO3S/c1-3-12-9-13(21(16,19)20)7-10(2)15(12)17-14(18)8-11-5-4-6-11/h7,9,11H,3-6,8H2,1-2H3,(H,17,18). The van der Waals surface area contributed by atoms with Crippen LogP contribution in [-0.4, -0.2) is 14.3 Å². The van der Waals surface area contributed by atoms with Crippen LogP contribution in [0.5, 0.6) is 0 Å². The fourth-order valence-corrected chi connectivity index (χ4v) is 3.44. The molecule has 0 unspecified atom stereocenters. The average Bonchev–Trinajstić information content (AvgIpc) is 2.34. The average molecular weight is 330 g/mol. The van der Waals surface area contributed by atoms with Crippen LogP contribution >= 0.6 is 10.7 Å². The van der Waals surface area contributed by atoms with E-state index >= 15 is 0 Å². The molecule has 0 aromatic heterocycles. The van der Waals surface area contributed by atoms with Gasteiger partial charge in [0.1, 0.15) is 0 Å². The molecular formula is C15H20ClNO3S. The zero-order chi connectivity index (χ0) is 15.6. The lowest BCUT2D eigenvalue weighted by molar-refractivity contribution is -0.117. The predicted molar refractivity (Wildman–Crippen MR) is 84.2 cm³/mol. The predicted octanol–water partition coefficient (Wildman–Crippen LogP) is 3.61. The fourth-order valence-electron chi connectivity index (χ4n) is 2.57. The van der Waals surface area contributed by atoms with Crippen molar-refractivity contribution >= 4 is 31.3 Å². The molecule has 1 amide bonds. The van der Waals surface area contributed by atoms with Crippen LogP contribution in [0.15, 0.2) is 17.0 Å². The second kappa shape index (κ2) is 6.36. The molecule has 0 spiro atoms. The molecule has 0 bridgehead atoms. The first-order valence-electron chi connectivity index (χ1n) is 7.19. The number of rotatable bonds is 5. The Balaban J connectivity index is 2.24. The molecule has 1 saturated carbocycles. The van der Waals surface area contributed by atoms with Crippen molar-refractivity contribution in [2.75, 3.05) is 5.32 Å². The minimum atomic E-state index is -3.76. The van der Waals surface area contributed by atoms with E-state index in [-0.39, 0.29) is 10.8 Å². The highest BCUT2D eigenvalue weighted by Gasteiger charge is 2.22. The van der Waals surface area contributed by atoms with Gasteiger partial charge in [-0.1, -0.05) is 13.3 Å². The normalized spacial score (nSPS) is 15.6. The van der Waals surface area contributed by atoms with E-state index in [4.69, 9.17) is 10.7 Å². The second-order valence-electron chi connectivity index (χ2n) is 5.61. The lowest BCUT2D eigenvalue weighted by Gasteiger charge is -2.25. The third kappa shape index (κ3) is 3.98. The van der Waals surface area contributed by atoms with Gasteiger partial charge in [0.15, 0.2) is 0 Å². The van der Waals surface area contributed by atoms with Gasteiger partial charge in [-0.3, -0.25) is 4.79 Å². The number of anilines is 1. The Morgan fingerprint density at radius 3 is 2.52 bits per heavy atom. The third-order valence-electron chi connectivity index (χ3n) is 4.02. The van der Waals surface area contributed by atoms with E-state index < -0.39 is 9.05 Å². The molecule has 1 N–H and O–H groups in total. The van der Waals surface area contributed by atoms with Gasteiger partial charge in [-0.25, -0.2) is 8.42 Å². The van der Waals surface area contributed by atoms with Crippen molar-refractivity contribution in [1.29, 1.82) is 0 Å². The Bertz CT molecular complexity index is 651. The van der Waals surface area contributed by atoms with E-state index in [9.17, 15) is 13.2 Å². The summed E-state index contributed by atoms with van der Waals surface area (Å²) in [6, 6.07) is 3.04. The molecule has 1 aliphatic carbocycles. The summed E-state index contributed by atoms with van der Waals surface area (Å²) in [6.07, 6.45) is 4.62. The molecule has 1 aromatic carbocycles. The Morgan fingerprint density at radius 1 is 1.38 bits per heavy atom. The highest BCUT2D eigenvalue weighted by Crippen LogP contribution is 2.31. The number of aryl methyl sites for hydroxylation is 2. The summed E-state index contributed by atoms with van der Waals surface area (Å²) in [5.74, 6) is 0.497. The van der Waals surface area contributed by atoms with Gasteiger partial charge in [-0.2, -0.15) is 0 Å². The number of amides is 1. The first-order valence-corrected chi connectivity index (χ1v) is 9.50. The number of halogens is 1. The molecule has 0 heterocycles. The highest BCUT2D eigenvalue weighted by molar-refractivity contribution is 8.13. The maximum Gasteiger partial charge on any atom is 0.261 e. The summed E-state index contributed by atoms with van der Waals surface area (Å²) in [6.45, 7) is 3.70. The van der Waals surface area contributed by atoms with Crippen LogP contribution in [0, 0.1) is 12.8 Å². The van der Waals surface area contributed by atoms with Crippen LogP contribution in [-0.2, 0) is 20.3 Å². The number of hydrogen-bond donors (Lipinski definition) is 1. The third-order valence-corrected chi connectivity index (χ3v) is 5.35. The quantitative estimate of drug-likeness (QED) is 0.839. The number of carbonyl (C=O) groups is 1. The summed E-state index contributed by atoms with van der Waals surface area (Å²) >= 11 is 0. The van der Waals surface area contributed by atoms with Crippen LogP contribution in [0.2, 0.25) is 0 Å². The van der Waals surface area contributed by atoms with Gasteiger partial charge in [0.05, 0.1) is 4.90 Å². The second-order valence-corrected chi connectivity index (χ2v) is 8.18. The van der Waals surface area contributed by atoms with E-state index in [1.807, 2.05) is 6.92 Å². The molecule has 0 aliphatic heterocycles. The monoisotopic (exact) mass is 329 g/mol. The lowest BCUT2D eigenvalue weighted by atomic mass is 9.83. The van der Waals surface area contributed by atoms with Crippen molar-refractivity contribution in [3.63, 3.8) is 0 Å². The fraction of sp³-hybridized carbons (Fsp3) is 0.533. The SMILES string of the molecule is CCc1cc(S(=O)(=O)Cl)cc(C)c1NC(=O)CC1CCC1. The van der Waals surface area contributed by atoms with Crippen molar-refractivity contribution in [3.05, 3.63) is 23.3 Å². The van der Waals surface area contributed by atoms with Crippen molar-refractivity contribution in [3.8, 4) is 0 Å². The summed E-state index contributed by atoms with van der Waals surface area (Å²) in [5, 5.41) is 2.93. The van der Waals surface area contributed by atoms with Gasteiger partial charge in [-0.15, -0.1) is 0 Å². The van der Waals surface area contributed by atoms with Gasteiger partial charge in [0.25, 0.3) is 9.05 Å². The van der Waals surface area contributed by atoms with Crippen LogP contribution < -0.4 is 5.32 Å². The van der Waals surface area contributed by atoms with E-state index in [1.54, 1.807) is 6.92 Å². The molecule has 1 aliphatic rings. The zero-order valence-corrected chi connectivity index (χ0v) is 13.9. The van der Waals surface area contributed by atoms with Gasteiger partial charge in [-0.05, 0) is 55.4 Å². The minimum absolute atomic E-state index is 0.000944. The van der Waals surface area contributed by atoms with Crippen molar-refractivity contribution in [2.24, 2.45) is 5.92 Å². The topological polar surface area (TPSA) is 63.2 Å². The lowest BCUT2D eigenvalue weighted by Crippen LogP contribution is -2.22. The Morgan fingerprint density at radius 2 is 2.05 bits per heavy atom. The number of nitrogens with one attached hydrogen (secondary N) is 1. The molecule has 2 rings (SSSR count). The molecule has 6 heteroatoms. The number of carbonyl (C=O) groups excluding carboxylic acids is 1. The molecule has 1 aromatic rings. The van der Waals surface area contributed by atoms with Gasteiger partial charge >= 0.3 is 0 Å². The first kappa shape index (κ1) is 16.3. The highest BCUT2D eigenvalue weighted by atomic mass is 35.7. The van der Waals surface area contributed by atoms with Crippen LogP contribution in [0.3, 0.4) is 0 Å². The molecule has 1 fully saturated rings. The van der Waals surface area contributed by atoms with Gasteiger partial charge < -0.3 is 5.32 Å². The first-order chi connectivity index (χ1) is 9.81. The van der Waals surface area contributed by atoms with E-state index in [0.29, 0.717) is 24.4 Å². The van der Waals surface area contributed by atoms with Crippen LogP contribution in [0.4, 0.5) is 5.69 Å². The van der Waals surface area contributed by atoms with Crippen LogP contribution in [0.25, 0.3) is 0 Å². The Hall–Kier alpha value is -1.07. The summed E-state index contributed by atoms with van der Waals surface area (Å²) in [7, 11) is 1.64. The molecular weight excluding hydrogens is 310 g/mol.